The van der Waals surface area contributed by atoms with Gasteiger partial charge in [-0.15, -0.1) is 0 Å². The maximum Gasteiger partial charge on any atom is 0.0720 e. The molecule has 1 N–H and O–H groups in total. The van der Waals surface area contributed by atoms with Crippen molar-refractivity contribution in [3.05, 3.63) is 59.7 Å². The molecule has 0 spiro atoms. The smallest absolute Gasteiger partial charge is 0.0720 e. The molecule has 1 aliphatic carbocycles. The van der Waals surface area contributed by atoms with E-state index in [0.29, 0.717) is 18.2 Å². The monoisotopic (exact) mass is 378 g/mol. The van der Waals surface area contributed by atoms with Crippen molar-refractivity contribution in [3.8, 4) is 11.1 Å². The van der Waals surface area contributed by atoms with Crippen LogP contribution >= 0.6 is 0 Å². The maximum atomic E-state index is 6.03. The maximum absolute atomic E-state index is 6.03. The fourth-order valence-corrected chi connectivity index (χ4v) is 4.69. The molecule has 3 nitrogen and oxygen atoms in total. The molecule has 0 amide bonds. The van der Waals surface area contributed by atoms with Gasteiger partial charge < -0.3 is 10.1 Å². The number of nitrogens with zero attached hydrogens (tertiary/aromatic N) is 1. The van der Waals surface area contributed by atoms with Crippen LogP contribution in [0.25, 0.3) is 11.1 Å². The Morgan fingerprint density at radius 1 is 0.821 bits per heavy atom. The van der Waals surface area contributed by atoms with Crippen LogP contribution in [-0.4, -0.2) is 36.2 Å². The van der Waals surface area contributed by atoms with Gasteiger partial charge in [-0.3, -0.25) is 4.90 Å². The first-order chi connectivity index (χ1) is 13.7. The summed E-state index contributed by atoms with van der Waals surface area (Å²) in [5.41, 5.74) is 5.23. The van der Waals surface area contributed by atoms with Crippen LogP contribution in [0.15, 0.2) is 48.5 Å². The molecule has 2 aromatic rings. The fraction of sp³-hybridized carbons (Fsp3) is 0.520. The number of nitrogens with one attached hydrogen (secondary N) is 1. The quantitative estimate of drug-likeness (QED) is 0.766. The van der Waals surface area contributed by atoms with Crippen LogP contribution in [0.3, 0.4) is 0 Å². The lowest BCUT2D eigenvalue weighted by Gasteiger charge is -2.36. The summed E-state index contributed by atoms with van der Waals surface area (Å²) >= 11 is 0. The summed E-state index contributed by atoms with van der Waals surface area (Å²) in [6, 6.07) is 19.1. The van der Waals surface area contributed by atoms with E-state index in [-0.39, 0.29) is 0 Å². The zero-order chi connectivity index (χ0) is 19.3. The van der Waals surface area contributed by atoms with Crippen LogP contribution in [0.4, 0.5) is 0 Å². The second kappa shape index (κ2) is 9.21. The molecule has 150 valence electrons. The first-order valence-electron chi connectivity index (χ1n) is 10.9. The molecule has 3 heteroatoms. The zero-order valence-electron chi connectivity index (χ0n) is 17.4. The van der Waals surface area contributed by atoms with Gasteiger partial charge in [0.05, 0.1) is 12.7 Å². The first-order valence-corrected chi connectivity index (χ1v) is 10.9. The number of hydrogen-bond donors (Lipinski definition) is 1. The molecule has 4 rings (SSSR count). The second-order valence-corrected chi connectivity index (χ2v) is 8.77. The molecule has 2 fully saturated rings. The van der Waals surface area contributed by atoms with Gasteiger partial charge in [-0.2, -0.15) is 0 Å². The van der Waals surface area contributed by atoms with Gasteiger partial charge in [-0.25, -0.2) is 0 Å². The van der Waals surface area contributed by atoms with Crippen molar-refractivity contribution in [2.24, 2.45) is 0 Å². The van der Waals surface area contributed by atoms with Crippen LogP contribution in [0.5, 0.6) is 0 Å². The zero-order valence-corrected chi connectivity index (χ0v) is 17.4. The van der Waals surface area contributed by atoms with Gasteiger partial charge in [-0.1, -0.05) is 61.4 Å². The third-order valence-corrected chi connectivity index (χ3v) is 6.07. The Morgan fingerprint density at radius 3 is 1.93 bits per heavy atom. The lowest BCUT2D eigenvalue weighted by molar-refractivity contribution is 0.0457. The Morgan fingerprint density at radius 2 is 1.36 bits per heavy atom. The minimum atomic E-state index is 0.480. The molecule has 1 aliphatic heterocycles. The lowest BCUT2D eigenvalue weighted by Crippen LogP contribution is -2.53. The van der Waals surface area contributed by atoms with Gasteiger partial charge in [-0.05, 0) is 48.9 Å². The highest BCUT2D eigenvalue weighted by Crippen LogP contribution is 2.24. The molecule has 0 radical (unpaired) electrons. The second-order valence-electron chi connectivity index (χ2n) is 8.77. The van der Waals surface area contributed by atoms with E-state index in [2.05, 4.69) is 72.6 Å². The molecule has 0 aromatic heterocycles. The lowest BCUT2D eigenvalue weighted by atomic mass is 10.0. The van der Waals surface area contributed by atoms with Gasteiger partial charge in [0.1, 0.15) is 0 Å². The van der Waals surface area contributed by atoms with Crippen molar-refractivity contribution >= 4 is 0 Å². The molecule has 2 aliphatic rings. The Kier molecular flexibility index (Phi) is 6.46. The van der Waals surface area contributed by atoms with Gasteiger partial charge in [0.2, 0.25) is 0 Å². The predicted octanol–water partition coefficient (Wildman–Crippen LogP) is 5.00. The van der Waals surface area contributed by atoms with Gasteiger partial charge >= 0.3 is 0 Å². The van der Waals surface area contributed by atoms with E-state index in [4.69, 9.17) is 4.74 Å². The molecule has 2 unspecified atom stereocenters. The summed E-state index contributed by atoms with van der Waals surface area (Å²) in [6.07, 6.45) is 5.60. The van der Waals surface area contributed by atoms with Crippen LogP contribution in [0, 0.1) is 0 Å². The topological polar surface area (TPSA) is 24.5 Å². The molecule has 1 heterocycles. The van der Waals surface area contributed by atoms with Crippen LogP contribution in [-0.2, 0) is 17.9 Å². The summed E-state index contributed by atoms with van der Waals surface area (Å²) in [6.45, 7) is 8.56. The number of rotatable bonds is 6. The Labute approximate surface area is 170 Å². The largest absolute Gasteiger partial charge is 0.374 e. The Bertz CT molecular complexity index is 724. The molecular weight excluding hydrogens is 344 g/mol. The highest BCUT2D eigenvalue weighted by Gasteiger charge is 2.20. The molecule has 1 saturated carbocycles. The molecule has 1 saturated heterocycles. The average Bonchev–Trinajstić information content (AvgIpc) is 3.20. The van der Waals surface area contributed by atoms with Crippen molar-refractivity contribution < 1.29 is 4.74 Å². The summed E-state index contributed by atoms with van der Waals surface area (Å²) < 4.78 is 6.03. The number of piperazine rings is 1. The van der Waals surface area contributed by atoms with E-state index >= 15 is 0 Å². The molecule has 2 atom stereocenters. The van der Waals surface area contributed by atoms with E-state index in [0.717, 1.165) is 26.2 Å². The van der Waals surface area contributed by atoms with E-state index < -0.39 is 0 Å². The number of hydrogen-bond acceptors (Lipinski definition) is 3. The summed E-state index contributed by atoms with van der Waals surface area (Å²) in [5.74, 6) is 0. The minimum absolute atomic E-state index is 0.480. The summed E-state index contributed by atoms with van der Waals surface area (Å²) in [7, 11) is 0. The van der Waals surface area contributed by atoms with Crippen molar-refractivity contribution in [2.45, 2.75) is 70.9 Å². The predicted molar refractivity (Wildman–Crippen MR) is 116 cm³/mol. The molecular formula is C25H34N2O. The van der Waals surface area contributed by atoms with Crippen LogP contribution < -0.4 is 5.32 Å². The minimum Gasteiger partial charge on any atom is -0.374 e. The third kappa shape index (κ3) is 5.22. The number of benzene rings is 2. The van der Waals surface area contributed by atoms with E-state index in [1.54, 1.807) is 0 Å². The summed E-state index contributed by atoms with van der Waals surface area (Å²) in [4.78, 5) is 2.56. The van der Waals surface area contributed by atoms with E-state index in [9.17, 15) is 0 Å². The normalized spacial score (nSPS) is 23.9. The molecule has 28 heavy (non-hydrogen) atoms. The fourth-order valence-electron chi connectivity index (χ4n) is 4.69. The van der Waals surface area contributed by atoms with Crippen LogP contribution in [0.2, 0.25) is 0 Å². The standard InChI is InChI=1S/C25H34N2O/c1-19-15-27(16-20(2)26-19)17-21-7-11-23(12-8-21)24-13-9-22(10-14-24)18-28-25-5-3-4-6-25/h7-14,19-20,25-26H,3-6,15-18H2,1-2H3. The molecule has 2 aromatic carbocycles. The summed E-state index contributed by atoms with van der Waals surface area (Å²) in [5, 5.41) is 3.60. The first kappa shape index (κ1) is 19.6. The van der Waals surface area contributed by atoms with Gasteiger partial charge in [0, 0.05) is 31.7 Å². The Balaban J connectivity index is 1.33. The van der Waals surface area contributed by atoms with Crippen LogP contribution in [0.1, 0.15) is 50.7 Å². The van der Waals surface area contributed by atoms with Crippen molar-refractivity contribution in [1.29, 1.82) is 0 Å². The van der Waals surface area contributed by atoms with E-state index in [1.807, 2.05) is 0 Å². The highest BCUT2D eigenvalue weighted by atomic mass is 16.5. The third-order valence-electron chi connectivity index (χ3n) is 6.07. The average molecular weight is 379 g/mol. The van der Waals surface area contributed by atoms with Crippen molar-refractivity contribution in [1.82, 2.24) is 10.2 Å². The number of ether oxygens (including phenoxy) is 1. The van der Waals surface area contributed by atoms with E-state index in [1.165, 1.54) is 47.9 Å². The SMILES string of the molecule is CC1CN(Cc2ccc(-c3ccc(COC4CCCC4)cc3)cc2)CC(C)N1. The van der Waals surface area contributed by atoms with Gasteiger partial charge in [0.25, 0.3) is 0 Å². The van der Waals surface area contributed by atoms with Crippen molar-refractivity contribution in [3.63, 3.8) is 0 Å². The van der Waals surface area contributed by atoms with Gasteiger partial charge in [0.15, 0.2) is 0 Å². The highest BCUT2D eigenvalue weighted by molar-refractivity contribution is 5.63. The molecule has 0 bridgehead atoms. The van der Waals surface area contributed by atoms with Crippen molar-refractivity contribution in [2.75, 3.05) is 13.1 Å². The Hall–Kier alpha value is -1.68.